The quantitative estimate of drug-likeness (QED) is 0.0261. The average molecular weight is 1150 g/mol. The first kappa shape index (κ1) is 78.0. The predicted octanol–water partition coefficient (Wildman–Crippen LogP) is 23.7. The van der Waals surface area contributed by atoms with Crippen molar-refractivity contribution < 1.29 is 28.6 Å². The molecule has 0 fully saturated rings. The zero-order chi connectivity index (χ0) is 59.9. The van der Waals surface area contributed by atoms with Crippen LogP contribution in [0.4, 0.5) is 0 Å². The number of allylic oxidation sites excluding steroid dienone is 26. The maximum Gasteiger partial charge on any atom is 0.306 e. The van der Waals surface area contributed by atoms with E-state index in [1.165, 1.54) is 77.0 Å². The maximum absolute atomic E-state index is 12.9. The molecule has 468 valence electrons. The summed E-state index contributed by atoms with van der Waals surface area (Å²) >= 11 is 0. The van der Waals surface area contributed by atoms with Gasteiger partial charge in [0.25, 0.3) is 0 Å². The molecule has 0 aromatic carbocycles. The molecule has 1 atom stereocenters. The molecular weight excluding hydrogens is 1020 g/mol. The van der Waals surface area contributed by atoms with Crippen molar-refractivity contribution in [2.45, 2.75) is 297 Å². The minimum absolute atomic E-state index is 0.0992. The van der Waals surface area contributed by atoms with Gasteiger partial charge in [0.2, 0.25) is 0 Å². The van der Waals surface area contributed by atoms with Crippen LogP contribution in [0, 0.1) is 0 Å². The highest BCUT2D eigenvalue weighted by Gasteiger charge is 2.19. The topological polar surface area (TPSA) is 78.9 Å². The number of carbonyl (C=O) groups is 3. The lowest BCUT2D eigenvalue weighted by Crippen LogP contribution is -2.30. The minimum atomic E-state index is -0.806. The van der Waals surface area contributed by atoms with Crippen molar-refractivity contribution in [2.24, 2.45) is 0 Å². The van der Waals surface area contributed by atoms with Crippen molar-refractivity contribution in [1.82, 2.24) is 0 Å². The molecule has 0 aromatic heterocycles. The van der Waals surface area contributed by atoms with Crippen LogP contribution >= 0.6 is 0 Å². The van der Waals surface area contributed by atoms with Gasteiger partial charge in [-0.3, -0.25) is 14.4 Å². The van der Waals surface area contributed by atoms with Crippen LogP contribution in [0.3, 0.4) is 0 Å². The van der Waals surface area contributed by atoms with Gasteiger partial charge in [0, 0.05) is 19.3 Å². The molecule has 0 aliphatic carbocycles. The molecule has 0 radical (unpaired) electrons. The molecular formula is C77H124O6. The van der Waals surface area contributed by atoms with Gasteiger partial charge in [-0.1, -0.05) is 281 Å². The summed E-state index contributed by atoms with van der Waals surface area (Å²) in [6.07, 6.45) is 101. The third-order valence-electron chi connectivity index (χ3n) is 14.0. The summed E-state index contributed by atoms with van der Waals surface area (Å²) in [6, 6.07) is 0. The van der Waals surface area contributed by atoms with Gasteiger partial charge in [0.15, 0.2) is 6.10 Å². The Morgan fingerprint density at radius 2 is 0.470 bits per heavy atom. The van der Waals surface area contributed by atoms with E-state index in [0.29, 0.717) is 19.3 Å². The second-order valence-corrected chi connectivity index (χ2v) is 22.0. The van der Waals surface area contributed by atoms with Gasteiger partial charge in [-0.15, -0.1) is 0 Å². The minimum Gasteiger partial charge on any atom is -0.462 e. The van der Waals surface area contributed by atoms with Crippen LogP contribution in [0.15, 0.2) is 158 Å². The average Bonchev–Trinajstić information content (AvgIpc) is 3.49. The number of hydrogen-bond donors (Lipinski definition) is 0. The number of ether oxygens (including phenoxy) is 3. The Morgan fingerprint density at radius 1 is 0.253 bits per heavy atom. The number of hydrogen-bond acceptors (Lipinski definition) is 6. The van der Waals surface area contributed by atoms with E-state index in [1.807, 2.05) is 0 Å². The molecule has 1 unspecified atom stereocenters. The summed E-state index contributed by atoms with van der Waals surface area (Å²) in [4.78, 5) is 38.4. The standard InChI is InChI=1S/C77H124O6/c1-4-7-10-13-16-19-22-25-28-30-32-34-35-36-37-38-39-40-41-43-44-46-49-52-55-58-61-64-67-70-76(79)82-73-74(72-81-75(78)69-66-63-60-57-54-51-48-27-24-21-18-15-12-9-6-3)83-77(80)71-68-65-62-59-56-53-50-47-45-42-33-31-29-26-23-20-17-14-11-8-5-2/h7-8,10-11,16-17,19-20,25-29,32-34,36-37,39-40,42-44,47-48,50,74H,4-6,9,12-15,18,21-24,30-31,35,38,41,45-46,49,51-73H2,1-3H3/b10-7-,11-8-,19-16-,20-17-,28-25-,29-26-,34-32-,37-36-,40-39-,42-33-,44-43-,48-27-,50-47-. The summed E-state index contributed by atoms with van der Waals surface area (Å²) in [6.45, 7) is 6.38. The van der Waals surface area contributed by atoms with E-state index in [0.717, 1.165) is 173 Å². The van der Waals surface area contributed by atoms with Gasteiger partial charge in [0.1, 0.15) is 13.2 Å². The highest BCUT2D eigenvalue weighted by Crippen LogP contribution is 2.15. The van der Waals surface area contributed by atoms with Gasteiger partial charge >= 0.3 is 17.9 Å². The third-order valence-corrected chi connectivity index (χ3v) is 14.0. The van der Waals surface area contributed by atoms with Crippen LogP contribution in [-0.2, 0) is 28.6 Å². The summed E-state index contributed by atoms with van der Waals surface area (Å²) < 4.78 is 16.9. The Kier molecular flexibility index (Phi) is 65.4. The summed E-state index contributed by atoms with van der Waals surface area (Å²) in [5, 5.41) is 0. The van der Waals surface area contributed by atoms with Crippen LogP contribution in [0.1, 0.15) is 290 Å². The van der Waals surface area contributed by atoms with Crippen LogP contribution in [-0.4, -0.2) is 37.2 Å². The highest BCUT2D eigenvalue weighted by atomic mass is 16.6. The van der Waals surface area contributed by atoms with E-state index >= 15 is 0 Å². The second kappa shape index (κ2) is 69.5. The molecule has 0 rings (SSSR count). The molecule has 0 spiro atoms. The van der Waals surface area contributed by atoms with Gasteiger partial charge < -0.3 is 14.2 Å². The fraction of sp³-hybridized carbons (Fsp3) is 0.623. The second-order valence-electron chi connectivity index (χ2n) is 22.0. The van der Waals surface area contributed by atoms with E-state index in [2.05, 4.69) is 179 Å². The SMILES string of the molecule is CC/C=C\C/C=C\C/C=C\C/C=C\C/C=C\C/C=C\C/C=C\CCCCCCCCCC(=O)OCC(COC(=O)CCCCCCC/C=C\CCCCCCCC)OC(=O)CCCCCCC/C=C\C/C=C\C/C=C\C/C=C\C/C=C\CC. The van der Waals surface area contributed by atoms with E-state index in [1.54, 1.807) is 0 Å². The highest BCUT2D eigenvalue weighted by molar-refractivity contribution is 5.71. The number of esters is 3. The van der Waals surface area contributed by atoms with Crippen molar-refractivity contribution in [1.29, 1.82) is 0 Å². The first-order valence-electron chi connectivity index (χ1n) is 34.0. The first-order valence-corrected chi connectivity index (χ1v) is 34.0. The van der Waals surface area contributed by atoms with E-state index in [-0.39, 0.29) is 31.1 Å². The fourth-order valence-corrected chi connectivity index (χ4v) is 8.97. The van der Waals surface area contributed by atoms with Gasteiger partial charge in [0.05, 0.1) is 0 Å². The van der Waals surface area contributed by atoms with Gasteiger partial charge in [-0.25, -0.2) is 0 Å². The van der Waals surface area contributed by atoms with E-state index in [9.17, 15) is 14.4 Å². The normalized spacial score (nSPS) is 13.1. The van der Waals surface area contributed by atoms with Crippen LogP contribution in [0.5, 0.6) is 0 Å². The third kappa shape index (κ3) is 67.7. The van der Waals surface area contributed by atoms with Crippen molar-refractivity contribution in [2.75, 3.05) is 13.2 Å². The first-order chi connectivity index (χ1) is 41.0. The van der Waals surface area contributed by atoms with Crippen LogP contribution in [0.2, 0.25) is 0 Å². The number of carbonyl (C=O) groups excluding carboxylic acids is 3. The lowest BCUT2D eigenvalue weighted by atomic mass is 10.1. The molecule has 0 amide bonds. The summed E-state index contributed by atoms with van der Waals surface area (Å²) in [5.74, 6) is -0.936. The monoisotopic (exact) mass is 1140 g/mol. The lowest BCUT2D eigenvalue weighted by Gasteiger charge is -2.18. The Hall–Kier alpha value is -4.97. The lowest BCUT2D eigenvalue weighted by molar-refractivity contribution is -0.167. The molecule has 83 heavy (non-hydrogen) atoms. The Morgan fingerprint density at radius 3 is 0.747 bits per heavy atom. The molecule has 0 aromatic rings. The Labute approximate surface area is 511 Å². The van der Waals surface area contributed by atoms with E-state index < -0.39 is 6.10 Å². The molecule has 6 heteroatoms. The van der Waals surface area contributed by atoms with Crippen LogP contribution < -0.4 is 0 Å². The molecule has 0 saturated carbocycles. The van der Waals surface area contributed by atoms with Crippen molar-refractivity contribution in [3.8, 4) is 0 Å². The van der Waals surface area contributed by atoms with Gasteiger partial charge in [-0.2, -0.15) is 0 Å². The zero-order valence-corrected chi connectivity index (χ0v) is 53.7. The van der Waals surface area contributed by atoms with E-state index in [4.69, 9.17) is 14.2 Å². The smallest absolute Gasteiger partial charge is 0.306 e. The zero-order valence-electron chi connectivity index (χ0n) is 53.7. The number of unbranched alkanes of at least 4 members (excludes halogenated alkanes) is 23. The largest absolute Gasteiger partial charge is 0.462 e. The van der Waals surface area contributed by atoms with Crippen molar-refractivity contribution >= 4 is 17.9 Å². The summed E-state index contributed by atoms with van der Waals surface area (Å²) in [7, 11) is 0. The molecule has 0 N–H and O–H groups in total. The van der Waals surface area contributed by atoms with Crippen molar-refractivity contribution in [3.05, 3.63) is 158 Å². The Bertz CT molecular complexity index is 1840. The maximum atomic E-state index is 12.9. The van der Waals surface area contributed by atoms with Gasteiger partial charge in [-0.05, 0) is 148 Å². The predicted molar refractivity (Wildman–Crippen MR) is 362 cm³/mol. The van der Waals surface area contributed by atoms with Crippen molar-refractivity contribution in [3.63, 3.8) is 0 Å². The molecule has 0 aliphatic rings. The summed E-state index contributed by atoms with van der Waals surface area (Å²) in [5.41, 5.74) is 0. The Balaban J connectivity index is 4.43. The number of rotatable bonds is 60. The molecule has 0 heterocycles. The fourth-order valence-electron chi connectivity index (χ4n) is 8.97. The van der Waals surface area contributed by atoms with Crippen LogP contribution in [0.25, 0.3) is 0 Å². The molecule has 0 bridgehead atoms. The molecule has 0 saturated heterocycles. The molecule has 6 nitrogen and oxygen atoms in total. The molecule has 0 aliphatic heterocycles.